The van der Waals surface area contributed by atoms with Gasteiger partial charge in [-0.1, -0.05) is 36.0 Å². The molecule has 0 saturated carbocycles. The SMILES string of the molecule is CN(CCO)c1ccc(/C=N\NC(=O)CSc2nc3ccccc3s2)cc1. The molecule has 0 radical (unpaired) electrons. The third-order valence-electron chi connectivity index (χ3n) is 3.77. The number of hydrazone groups is 1. The van der Waals surface area contributed by atoms with E-state index in [2.05, 4.69) is 15.5 Å². The van der Waals surface area contributed by atoms with Crippen LogP contribution in [-0.4, -0.2) is 48.2 Å². The Morgan fingerprint density at radius 2 is 2.07 bits per heavy atom. The monoisotopic (exact) mass is 400 g/mol. The quantitative estimate of drug-likeness (QED) is 0.345. The highest BCUT2D eigenvalue weighted by molar-refractivity contribution is 8.01. The zero-order valence-corrected chi connectivity index (χ0v) is 16.5. The van der Waals surface area contributed by atoms with Crippen molar-refractivity contribution in [2.75, 3.05) is 30.9 Å². The van der Waals surface area contributed by atoms with Crippen LogP contribution in [0.15, 0.2) is 58.0 Å². The largest absolute Gasteiger partial charge is 0.395 e. The minimum Gasteiger partial charge on any atom is -0.395 e. The Balaban J connectivity index is 1.46. The van der Waals surface area contributed by atoms with Gasteiger partial charge in [0.25, 0.3) is 5.91 Å². The number of hydrogen-bond acceptors (Lipinski definition) is 7. The van der Waals surface area contributed by atoms with Gasteiger partial charge < -0.3 is 10.0 Å². The molecule has 0 bridgehead atoms. The van der Waals surface area contributed by atoms with Crippen molar-refractivity contribution < 1.29 is 9.90 Å². The van der Waals surface area contributed by atoms with Gasteiger partial charge in [-0.2, -0.15) is 5.10 Å². The van der Waals surface area contributed by atoms with Crippen LogP contribution in [-0.2, 0) is 4.79 Å². The number of fused-ring (bicyclic) bond motifs is 1. The van der Waals surface area contributed by atoms with Crippen molar-refractivity contribution >= 4 is 51.1 Å². The molecular weight excluding hydrogens is 380 g/mol. The molecule has 1 amide bonds. The van der Waals surface area contributed by atoms with Gasteiger partial charge in [0.2, 0.25) is 0 Å². The van der Waals surface area contributed by atoms with E-state index in [1.807, 2.05) is 60.5 Å². The predicted molar refractivity (Wildman–Crippen MR) is 113 cm³/mol. The Labute approximate surface area is 165 Å². The van der Waals surface area contributed by atoms with Crippen LogP contribution in [0.25, 0.3) is 10.2 Å². The number of hydrogen-bond donors (Lipinski definition) is 2. The number of anilines is 1. The highest BCUT2D eigenvalue weighted by atomic mass is 32.2. The molecule has 0 aliphatic heterocycles. The number of para-hydroxylation sites is 1. The Morgan fingerprint density at radius 1 is 1.30 bits per heavy atom. The number of thioether (sulfide) groups is 1. The first-order valence-corrected chi connectivity index (χ1v) is 10.2. The van der Waals surface area contributed by atoms with E-state index < -0.39 is 0 Å². The fourth-order valence-electron chi connectivity index (χ4n) is 2.35. The van der Waals surface area contributed by atoms with Crippen LogP contribution < -0.4 is 10.3 Å². The van der Waals surface area contributed by atoms with Crippen LogP contribution in [0.1, 0.15) is 5.56 Å². The third-order valence-corrected chi connectivity index (χ3v) is 5.95. The Bertz CT molecular complexity index is 892. The van der Waals surface area contributed by atoms with Gasteiger partial charge in [-0.3, -0.25) is 4.79 Å². The Kier molecular flexibility index (Phi) is 6.80. The van der Waals surface area contributed by atoms with Gasteiger partial charge in [-0.05, 0) is 29.8 Å². The van der Waals surface area contributed by atoms with Crippen molar-refractivity contribution in [1.82, 2.24) is 10.4 Å². The van der Waals surface area contributed by atoms with Crippen LogP contribution in [0.4, 0.5) is 5.69 Å². The average molecular weight is 401 g/mol. The lowest BCUT2D eigenvalue weighted by molar-refractivity contribution is -0.118. The topological polar surface area (TPSA) is 77.8 Å². The van der Waals surface area contributed by atoms with E-state index in [9.17, 15) is 4.79 Å². The second kappa shape index (κ2) is 9.50. The highest BCUT2D eigenvalue weighted by Crippen LogP contribution is 2.28. The Morgan fingerprint density at radius 3 is 2.81 bits per heavy atom. The van der Waals surface area contributed by atoms with E-state index in [4.69, 9.17) is 5.11 Å². The van der Waals surface area contributed by atoms with Crippen LogP contribution in [0, 0.1) is 0 Å². The molecular formula is C19H20N4O2S2. The molecule has 27 heavy (non-hydrogen) atoms. The standard InChI is InChI=1S/C19H20N4O2S2/c1-23(10-11-24)15-8-6-14(7-9-15)12-20-22-18(25)13-26-19-21-16-4-2-3-5-17(16)27-19/h2-9,12,24H,10-11,13H2,1H3,(H,22,25)/b20-12-. The number of carbonyl (C=O) groups excluding carboxylic acids is 1. The third kappa shape index (κ3) is 5.53. The molecule has 0 atom stereocenters. The van der Waals surface area contributed by atoms with Crippen molar-refractivity contribution in [3.63, 3.8) is 0 Å². The second-order valence-corrected chi connectivity index (χ2v) is 8.02. The molecule has 3 aromatic rings. The number of benzene rings is 2. The van der Waals surface area contributed by atoms with Gasteiger partial charge in [-0.25, -0.2) is 10.4 Å². The van der Waals surface area contributed by atoms with Crippen LogP contribution in [0.2, 0.25) is 0 Å². The molecule has 2 aromatic carbocycles. The summed E-state index contributed by atoms with van der Waals surface area (Å²) in [7, 11) is 1.92. The summed E-state index contributed by atoms with van der Waals surface area (Å²) in [6, 6.07) is 15.6. The lowest BCUT2D eigenvalue weighted by Gasteiger charge is -2.17. The Hall–Kier alpha value is -2.42. The highest BCUT2D eigenvalue weighted by Gasteiger charge is 2.07. The summed E-state index contributed by atoms with van der Waals surface area (Å²) < 4.78 is 1.99. The molecule has 0 unspecified atom stereocenters. The summed E-state index contributed by atoms with van der Waals surface area (Å²) >= 11 is 2.99. The molecule has 0 aliphatic carbocycles. The zero-order valence-electron chi connectivity index (χ0n) is 14.8. The number of thiazole rings is 1. The van der Waals surface area contributed by atoms with Crippen molar-refractivity contribution in [1.29, 1.82) is 0 Å². The molecule has 0 spiro atoms. The van der Waals surface area contributed by atoms with E-state index in [-0.39, 0.29) is 18.3 Å². The number of nitrogens with one attached hydrogen (secondary N) is 1. The fraction of sp³-hybridized carbons (Fsp3) is 0.211. The molecule has 1 aromatic heterocycles. The van der Waals surface area contributed by atoms with E-state index in [1.54, 1.807) is 17.6 Å². The van der Waals surface area contributed by atoms with E-state index in [0.29, 0.717) is 6.54 Å². The van der Waals surface area contributed by atoms with Gasteiger partial charge in [0.1, 0.15) is 0 Å². The summed E-state index contributed by atoms with van der Waals surface area (Å²) in [4.78, 5) is 18.4. The molecule has 6 nitrogen and oxygen atoms in total. The summed E-state index contributed by atoms with van der Waals surface area (Å²) in [6.07, 6.45) is 1.61. The predicted octanol–water partition coefficient (Wildman–Crippen LogP) is 2.97. The van der Waals surface area contributed by atoms with E-state index in [0.717, 1.165) is 25.8 Å². The lowest BCUT2D eigenvalue weighted by atomic mass is 10.2. The summed E-state index contributed by atoms with van der Waals surface area (Å²) in [6.45, 7) is 0.691. The molecule has 1 heterocycles. The normalized spacial score (nSPS) is 11.2. The smallest absolute Gasteiger partial charge is 0.250 e. The van der Waals surface area contributed by atoms with Gasteiger partial charge in [0.15, 0.2) is 4.34 Å². The first kappa shape index (κ1) is 19.3. The number of nitrogens with zero attached hydrogens (tertiary/aromatic N) is 3. The molecule has 0 saturated heterocycles. The minimum absolute atomic E-state index is 0.112. The molecule has 2 N–H and O–H groups in total. The van der Waals surface area contributed by atoms with Crippen molar-refractivity contribution in [3.8, 4) is 0 Å². The molecule has 140 valence electrons. The van der Waals surface area contributed by atoms with Crippen LogP contribution >= 0.6 is 23.1 Å². The van der Waals surface area contributed by atoms with E-state index >= 15 is 0 Å². The first-order chi connectivity index (χ1) is 13.2. The van der Waals surface area contributed by atoms with Crippen molar-refractivity contribution in [2.45, 2.75) is 4.34 Å². The maximum Gasteiger partial charge on any atom is 0.250 e. The lowest BCUT2D eigenvalue weighted by Crippen LogP contribution is -2.21. The first-order valence-electron chi connectivity index (χ1n) is 8.38. The summed E-state index contributed by atoms with van der Waals surface area (Å²) in [5.74, 6) is 0.0945. The number of aromatic nitrogens is 1. The maximum absolute atomic E-state index is 11.9. The number of rotatable bonds is 8. The summed E-state index contributed by atoms with van der Waals surface area (Å²) in [5.41, 5.74) is 5.39. The fourth-order valence-corrected chi connectivity index (χ4v) is 4.21. The van der Waals surface area contributed by atoms with Crippen molar-refractivity contribution in [2.24, 2.45) is 5.10 Å². The molecule has 0 aliphatic rings. The summed E-state index contributed by atoms with van der Waals surface area (Å²) in [5, 5.41) is 13.0. The average Bonchev–Trinajstić information content (AvgIpc) is 3.10. The van der Waals surface area contributed by atoms with Gasteiger partial charge in [0, 0.05) is 19.3 Å². The second-order valence-electron chi connectivity index (χ2n) is 5.77. The molecule has 0 fully saturated rings. The van der Waals surface area contributed by atoms with Crippen LogP contribution in [0.5, 0.6) is 0 Å². The van der Waals surface area contributed by atoms with Crippen molar-refractivity contribution in [3.05, 3.63) is 54.1 Å². The zero-order chi connectivity index (χ0) is 19.1. The molecule has 8 heteroatoms. The number of carbonyl (C=O) groups is 1. The van der Waals surface area contributed by atoms with Crippen LogP contribution in [0.3, 0.4) is 0 Å². The number of amides is 1. The van der Waals surface area contributed by atoms with Gasteiger partial charge >= 0.3 is 0 Å². The van der Waals surface area contributed by atoms with E-state index in [1.165, 1.54) is 11.8 Å². The number of aliphatic hydroxyl groups is 1. The molecule has 3 rings (SSSR count). The number of aliphatic hydroxyl groups excluding tert-OH is 1. The minimum atomic E-state index is -0.171. The van der Waals surface area contributed by atoms with Gasteiger partial charge in [0.05, 0.1) is 28.8 Å². The maximum atomic E-state index is 11.9. The van der Waals surface area contributed by atoms with Gasteiger partial charge in [-0.15, -0.1) is 11.3 Å². The number of likely N-dealkylation sites (N-methyl/N-ethyl adjacent to an activating group) is 1.